The Balaban J connectivity index is 1.46. The molecular weight excluding hydrogens is 330 g/mol. The summed E-state index contributed by atoms with van der Waals surface area (Å²) in [4.78, 5) is 22.2. The average molecular weight is 353 g/mol. The molecule has 7 heteroatoms. The van der Waals surface area contributed by atoms with Gasteiger partial charge in [-0.05, 0) is 38.6 Å². The van der Waals surface area contributed by atoms with Crippen LogP contribution in [0, 0.1) is 23.0 Å². The minimum atomic E-state index is -0.399. The lowest BCUT2D eigenvalue weighted by Crippen LogP contribution is -2.25. The van der Waals surface area contributed by atoms with Gasteiger partial charge in [0.05, 0.1) is 4.92 Å². The number of hydrogen-bond donors (Lipinski definition) is 1. The molecule has 1 saturated heterocycles. The summed E-state index contributed by atoms with van der Waals surface area (Å²) in [6, 6.07) is 9.22. The highest BCUT2D eigenvalue weighted by Crippen LogP contribution is 2.31. The monoisotopic (exact) mass is 353 g/mol. The molecule has 1 atom stereocenters. The van der Waals surface area contributed by atoms with E-state index in [1.807, 2.05) is 13.0 Å². The molecule has 1 aliphatic heterocycles. The van der Waals surface area contributed by atoms with Gasteiger partial charge in [-0.1, -0.05) is 12.1 Å². The highest BCUT2D eigenvalue weighted by molar-refractivity contribution is 5.61. The van der Waals surface area contributed by atoms with Gasteiger partial charge in [-0.15, -0.1) is 0 Å². The van der Waals surface area contributed by atoms with Crippen LogP contribution in [0.4, 0.5) is 11.5 Å². The summed E-state index contributed by atoms with van der Waals surface area (Å²) in [7, 11) is 0. The van der Waals surface area contributed by atoms with Crippen LogP contribution in [0.1, 0.15) is 25.0 Å². The Morgan fingerprint density at radius 1 is 1.27 bits per heavy atom. The van der Waals surface area contributed by atoms with Gasteiger partial charge in [0.1, 0.15) is 5.82 Å². The van der Waals surface area contributed by atoms with E-state index < -0.39 is 4.92 Å². The fourth-order valence-electron chi connectivity index (χ4n) is 3.60. The number of aromatic nitrogens is 2. The first-order chi connectivity index (χ1) is 12.6. The number of benzene rings is 1. The zero-order chi connectivity index (χ0) is 18.1. The van der Waals surface area contributed by atoms with Crippen LogP contribution in [0.25, 0.3) is 11.4 Å². The highest BCUT2D eigenvalue weighted by Gasteiger charge is 2.34. The van der Waals surface area contributed by atoms with Crippen molar-refractivity contribution >= 4 is 11.5 Å². The molecule has 1 aliphatic carbocycles. The maximum absolute atomic E-state index is 11.0. The molecule has 7 nitrogen and oxygen atoms in total. The minimum Gasteiger partial charge on any atom is -0.370 e. The topological polar surface area (TPSA) is 84.2 Å². The van der Waals surface area contributed by atoms with E-state index in [4.69, 9.17) is 0 Å². The van der Waals surface area contributed by atoms with Crippen LogP contribution >= 0.6 is 0 Å². The zero-order valence-electron chi connectivity index (χ0n) is 14.9. The van der Waals surface area contributed by atoms with Crippen molar-refractivity contribution in [1.82, 2.24) is 14.9 Å². The lowest BCUT2D eigenvalue weighted by Gasteiger charge is -2.15. The third-order valence-electron chi connectivity index (χ3n) is 5.12. The molecule has 2 aromatic rings. The van der Waals surface area contributed by atoms with E-state index in [1.165, 1.54) is 44.5 Å². The Morgan fingerprint density at radius 2 is 2.12 bits per heavy atom. The van der Waals surface area contributed by atoms with Crippen LogP contribution < -0.4 is 5.32 Å². The smallest absolute Gasteiger partial charge is 0.270 e. The van der Waals surface area contributed by atoms with Gasteiger partial charge in [0.25, 0.3) is 5.69 Å². The molecule has 1 aromatic heterocycles. The van der Waals surface area contributed by atoms with E-state index in [0.29, 0.717) is 17.3 Å². The summed E-state index contributed by atoms with van der Waals surface area (Å²) in [6.45, 7) is 5.18. The van der Waals surface area contributed by atoms with Crippen LogP contribution in [0.3, 0.4) is 0 Å². The molecule has 1 aromatic carbocycles. The predicted molar refractivity (Wildman–Crippen MR) is 100 cm³/mol. The maximum Gasteiger partial charge on any atom is 0.270 e. The standard InChI is InChI=1S/C19H23N5O2/c1-13-9-18(20-11-14-7-8-23(12-14)16-5-6-16)22-19(21-13)15-3-2-4-17(10-15)24(25)26/h2-4,9-10,14,16H,5-8,11-12H2,1H3,(H,20,21,22). The molecule has 0 spiro atoms. The van der Waals surface area contributed by atoms with Gasteiger partial charge >= 0.3 is 0 Å². The largest absolute Gasteiger partial charge is 0.370 e. The normalized spacial score (nSPS) is 20.3. The molecule has 0 bridgehead atoms. The summed E-state index contributed by atoms with van der Waals surface area (Å²) in [5.74, 6) is 1.94. The number of nitro benzene ring substituents is 1. The number of nitro groups is 1. The first-order valence-corrected chi connectivity index (χ1v) is 9.17. The molecule has 1 N–H and O–H groups in total. The zero-order valence-corrected chi connectivity index (χ0v) is 14.9. The number of hydrogen-bond acceptors (Lipinski definition) is 6. The number of nitrogens with zero attached hydrogens (tertiary/aromatic N) is 4. The number of rotatable bonds is 6. The van der Waals surface area contributed by atoms with E-state index in [2.05, 4.69) is 20.2 Å². The van der Waals surface area contributed by atoms with Crippen molar-refractivity contribution in [3.05, 3.63) is 46.1 Å². The summed E-state index contributed by atoms with van der Waals surface area (Å²) >= 11 is 0. The van der Waals surface area contributed by atoms with Crippen LogP contribution in [0.2, 0.25) is 0 Å². The van der Waals surface area contributed by atoms with Gasteiger partial charge in [0.15, 0.2) is 5.82 Å². The van der Waals surface area contributed by atoms with Crippen molar-refractivity contribution < 1.29 is 4.92 Å². The van der Waals surface area contributed by atoms with E-state index >= 15 is 0 Å². The van der Waals surface area contributed by atoms with Crippen molar-refractivity contribution in [2.75, 3.05) is 25.0 Å². The molecule has 136 valence electrons. The predicted octanol–water partition coefficient (Wildman–Crippen LogP) is 3.26. The molecule has 26 heavy (non-hydrogen) atoms. The Kier molecular flexibility index (Phi) is 4.55. The number of non-ortho nitro benzene ring substituents is 1. The second kappa shape index (κ2) is 6.99. The second-order valence-electron chi connectivity index (χ2n) is 7.29. The summed E-state index contributed by atoms with van der Waals surface area (Å²) in [6.07, 6.45) is 3.95. The number of nitrogens with one attached hydrogen (secondary N) is 1. The lowest BCUT2D eigenvalue weighted by atomic mass is 10.1. The van der Waals surface area contributed by atoms with Gasteiger partial charge in [0.2, 0.25) is 0 Å². The van der Waals surface area contributed by atoms with Crippen LogP contribution in [0.5, 0.6) is 0 Å². The van der Waals surface area contributed by atoms with Crippen LogP contribution in [0.15, 0.2) is 30.3 Å². The van der Waals surface area contributed by atoms with Gasteiger partial charge < -0.3 is 10.2 Å². The van der Waals surface area contributed by atoms with Gasteiger partial charge in [0, 0.05) is 48.6 Å². The van der Waals surface area contributed by atoms with Crippen molar-refractivity contribution in [2.24, 2.45) is 5.92 Å². The first-order valence-electron chi connectivity index (χ1n) is 9.17. The van der Waals surface area contributed by atoms with Crippen LogP contribution in [-0.4, -0.2) is 45.5 Å². The quantitative estimate of drug-likeness (QED) is 0.634. The second-order valence-corrected chi connectivity index (χ2v) is 7.29. The SMILES string of the molecule is Cc1cc(NCC2CCN(C3CC3)C2)nc(-c2cccc([N+](=O)[O-])c2)n1. The summed E-state index contributed by atoms with van der Waals surface area (Å²) in [5.41, 5.74) is 1.55. The molecule has 0 radical (unpaired) electrons. The van der Waals surface area contributed by atoms with E-state index in [0.717, 1.165) is 24.1 Å². The Bertz CT molecular complexity index is 821. The van der Waals surface area contributed by atoms with E-state index in [-0.39, 0.29) is 5.69 Å². The molecule has 0 amide bonds. The van der Waals surface area contributed by atoms with Gasteiger partial charge in [-0.25, -0.2) is 9.97 Å². The van der Waals surface area contributed by atoms with E-state index in [1.54, 1.807) is 12.1 Å². The molecule has 2 aliphatic rings. The maximum atomic E-state index is 11.0. The molecule has 1 unspecified atom stereocenters. The van der Waals surface area contributed by atoms with E-state index in [9.17, 15) is 10.1 Å². The molecule has 1 saturated carbocycles. The molecular formula is C19H23N5O2. The Labute approximate surface area is 152 Å². The van der Waals surface area contributed by atoms with Crippen molar-refractivity contribution in [3.63, 3.8) is 0 Å². The Morgan fingerprint density at radius 3 is 2.88 bits per heavy atom. The fourth-order valence-corrected chi connectivity index (χ4v) is 3.60. The molecule has 2 heterocycles. The molecule has 2 fully saturated rings. The summed E-state index contributed by atoms with van der Waals surface area (Å²) < 4.78 is 0. The minimum absolute atomic E-state index is 0.0493. The van der Waals surface area contributed by atoms with Gasteiger partial charge in [-0.3, -0.25) is 10.1 Å². The van der Waals surface area contributed by atoms with Crippen molar-refractivity contribution in [1.29, 1.82) is 0 Å². The lowest BCUT2D eigenvalue weighted by molar-refractivity contribution is -0.384. The van der Waals surface area contributed by atoms with Crippen molar-refractivity contribution in [3.8, 4) is 11.4 Å². The van der Waals surface area contributed by atoms with Crippen molar-refractivity contribution in [2.45, 2.75) is 32.2 Å². The van der Waals surface area contributed by atoms with Crippen LogP contribution in [-0.2, 0) is 0 Å². The Hall–Kier alpha value is -2.54. The number of aryl methyl sites for hydroxylation is 1. The average Bonchev–Trinajstić information content (AvgIpc) is 3.38. The summed E-state index contributed by atoms with van der Waals surface area (Å²) in [5, 5.41) is 14.4. The number of likely N-dealkylation sites (tertiary alicyclic amines) is 1. The molecule has 4 rings (SSSR count). The highest BCUT2D eigenvalue weighted by atomic mass is 16.6. The number of anilines is 1. The third-order valence-corrected chi connectivity index (χ3v) is 5.12. The first kappa shape index (κ1) is 16.9. The fraction of sp³-hybridized carbons (Fsp3) is 0.474. The van der Waals surface area contributed by atoms with Gasteiger partial charge in [-0.2, -0.15) is 0 Å². The third kappa shape index (κ3) is 3.83.